The van der Waals surface area contributed by atoms with Crippen molar-refractivity contribution in [1.29, 1.82) is 0 Å². The second-order valence-corrected chi connectivity index (χ2v) is 5.99. The van der Waals surface area contributed by atoms with Gasteiger partial charge in [-0.1, -0.05) is 36.4 Å². The lowest BCUT2D eigenvalue weighted by Gasteiger charge is -2.33. The average Bonchev–Trinajstić information content (AvgIpc) is 2.61. The first-order valence-electron chi connectivity index (χ1n) is 7.83. The summed E-state index contributed by atoms with van der Waals surface area (Å²) >= 11 is 0. The van der Waals surface area contributed by atoms with E-state index >= 15 is 0 Å². The van der Waals surface area contributed by atoms with E-state index in [1.807, 2.05) is 0 Å². The van der Waals surface area contributed by atoms with E-state index in [2.05, 4.69) is 0 Å². The normalized spacial score (nSPS) is 19.0. The molecular formula is C20H16O6. The van der Waals surface area contributed by atoms with Crippen molar-refractivity contribution in [3.05, 3.63) is 82.9 Å². The first kappa shape index (κ1) is 17.4. The minimum absolute atomic E-state index is 0.109. The highest BCUT2D eigenvalue weighted by Crippen LogP contribution is 2.42. The Morgan fingerprint density at radius 3 is 2.23 bits per heavy atom. The highest BCUT2D eigenvalue weighted by atomic mass is 16.4. The molecule has 0 radical (unpaired) electrons. The van der Waals surface area contributed by atoms with E-state index in [-0.39, 0.29) is 17.5 Å². The summed E-state index contributed by atoms with van der Waals surface area (Å²) in [5, 5.41) is 39.3. The Morgan fingerprint density at radius 1 is 0.962 bits per heavy atom. The molecule has 2 aromatic carbocycles. The Hall–Kier alpha value is -3.38. The first-order valence-corrected chi connectivity index (χ1v) is 7.83. The molecular weight excluding hydrogens is 336 g/mol. The van der Waals surface area contributed by atoms with Gasteiger partial charge in [0, 0.05) is 6.42 Å². The van der Waals surface area contributed by atoms with Crippen molar-refractivity contribution < 1.29 is 30.0 Å². The number of rotatable bonds is 4. The Labute approximate surface area is 149 Å². The molecule has 1 aliphatic carbocycles. The van der Waals surface area contributed by atoms with Crippen LogP contribution in [0.25, 0.3) is 5.57 Å². The second-order valence-electron chi connectivity index (χ2n) is 5.99. The van der Waals surface area contributed by atoms with Gasteiger partial charge in [-0.2, -0.15) is 0 Å². The van der Waals surface area contributed by atoms with Crippen LogP contribution < -0.4 is 0 Å². The quantitative estimate of drug-likeness (QED) is 0.672. The highest BCUT2D eigenvalue weighted by Gasteiger charge is 2.35. The van der Waals surface area contributed by atoms with Crippen molar-refractivity contribution in [3.8, 4) is 5.75 Å². The number of carboxylic acid groups (broad SMARTS) is 2. The van der Waals surface area contributed by atoms with Crippen LogP contribution in [0.2, 0.25) is 0 Å². The summed E-state index contributed by atoms with van der Waals surface area (Å²) in [4.78, 5) is 22.1. The SMILES string of the molecule is O=C(O)c1ccc(C2(O)CC=CC=C2c2ccc(C(=O)O)c(O)c2)cc1. The average molecular weight is 352 g/mol. The number of phenols is 1. The van der Waals surface area contributed by atoms with Gasteiger partial charge in [-0.15, -0.1) is 0 Å². The molecule has 1 atom stereocenters. The lowest BCUT2D eigenvalue weighted by molar-refractivity contribution is 0.0683. The number of carbonyl (C=O) groups is 2. The van der Waals surface area contributed by atoms with Crippen LogP contribution in [0.15, 0.2) is 60.7 Å². The summed E-state index contributed by atoms with van der Waals surface area (Å²) < 4.78 is 0. The summed E-state index contributed by atoms with van der Waals surface area (Å²) in [6.45, 7) is 0. The molecule has 6 nitrogen and oxygen atoms in total. The van der Waals surface area contributed by atoms with E-state index in [1.165, 1.54) is 30.3 Å². The van der Waals surface area contributed by atoms with Crippen LogP contribution in [0.4, 0.5) is 0 Å². The molecule has 0 heterocycles. The van der Waals surface area contributed by atoms with Gasteiger partial charge in [0.15, 0.2) is 0 Å². The molecule has 3 rings (SSSR count). The maximum absolute atomic E-state index is 11.3. The number of hydrogen-bond acceptors (Lipinski definition) is 4. The number of aromatic carboxylic acids is 2. The van der Waals surface area contributed by atoms with Crippen molar-refractivity contribution in [2.24, 2.45) is 0 Å². The van der Waals surface area contributed by atoms with Crippen LogP contribution in [-0.4, -0.2) is 32.4 Å². The topological polar surface area (TPSA) is 115 Å². The van der Waals surface area contributed by atoms with Crippen molar-refractivity contribution in [3.63, 3.8) is 0 Å². The molecule has 0 saturated heterocycles. The molecule has 1 unspecified atom stereocenters. The van der Waals surface area contributed by atoms with Gasteiger partial charge >= 0.3 is 11.9 Å². The molecule has 0 amide bonds. The van der Waals surface area contributed by atoms with E-state index in [0.29, 0.717) is 16.7 Å². The van der Waals surface area contributed by atoms with Gasteiger partial charge in [0.05, 0.1) is 5.56 Å². The minimum Gasteiger partial charge on any atom is -0.507 e. The Kier molecular flexibility index (Phi) is 4.36. The van der Waals surface area contributed by atoms with Gasteiger partial charge in [0.25, 0.3) is 0 Å². The van der Waals surface area contributed by atoms with Crippen molar-refractivity contribution in [2.75, 3.05) is 0 Å². The predicted molar refractivity (Wildman–Crippen MR) is 94.1 cm³/mol. The first-order chi connectivity index (χ1) is 12.3. The lowest BCUT2D eigenvalue weighted by Crippen LogP contribution is -2.28. The standard InChI is InChI=1S/C20H16O6/c21-17-11-13(6-9-15(17)19(24)25)16-3-1-2-10-20(16,26)14-7-4-12(5-8-14)18(22)23/h1-9,11,21,26H,10H2,(H,22,23)(H,24,25). The van der Waals surface area contributed by atoms with Crippen LogP contribution in [-0.2, 0) is 5.60 Å². The largest absolute Gasteiger partial charge is 0.507 e. The summed E-state index contributed by atoms with van der Waals surface area (Å²) in [6, 6.07) is 10.0. The van der Waals surface area contributed by atoms with Gasteiger partial charge in [0.1, 0.15) is 16.9 Å². The molecule has 0 spiro atoms. The third kappa shape index (κ3) is 2.98. The van der Waals surface area contributed by atoms with Crippen LogP contribution in [0.3, 0.4) is 0 Å². The Bertz CT molecular complexity index is 939. The van der Waals surface area contributed by atoms with E-state index in [1.54, 1.807) is 30.4 Å². The number of benzene rings is 2. The number of carboxylic acids is 2. The van der Waals surface area contributed by atoms with Crippen LogP contribution >= 0.6 is 0 Å². The van der Waals surface area contributed by atoms with Crippen molar-refractivity contribution in [2.45, 2.75) is 12.0 Å². The minimum atomic E-state index is -1.43. The van der Waals surface area contributed by atoms with E-state index < -0.39 is 23.3 Å². The maximum Gasteiger partial charge on any atom is 0.339 e. The molecule has 6 heteroatoms. The Balaban J connectivity index is 2.06. The van der Waals surface area contributed by atoms with Crippen LogP contribution in [0.1, 0.15) is 38.3 Å². The highest BCUT2D eigenvalue weighted by molar-refractivity contribution is 5.92. The van der Waals surface area contributed by atoms with Crippen LogP contribution in [0, 0.1) is 0 Å². The molecule has 0 saturated carbocycles. The molecule has 1 aliphatic rings. The smallest absolute Gasteiger partial charge is 0.339 e. The monoisotopic (exact) mass is 352 g/mol. The Morgan fingerprint density at radius 2 is 1.65 bits per heavy atom. The van der Waals surface area contributed by atoms with Crippen molar-refractivity contribution >= 4 is 17.5 Å². The molecule has 0 fully saturated rings. The van der Waals surface area contributed by atoms with Gasteiger partial charge in [0.2, 0.25) is 0 Å². The number of aliphatic hydroxyl groups is 1. The van der Waals surface area contributed by atoms with Gasteiger partial charge < -0.3 is 20.4 Å². The van der Waals surface area contributed by atoms with Gasteiger partial charge in [-0.05, 0) is 41.0 Å². The summed E-state index contributed by atoms with van der Waals surface area (Å²) in [5.41, 5.74) is -0.0900. The van der Waals surface area contributed by atoms with Crippen molar-refractivity contribution in [1.82, 2.24) is 0 Å². The molecule has 4 N–H and O–H groups in total. The third-order valence-corrected chi connectivity index (χ3v) is 4.41. The second kappa shape index (κ2) is 6.50. The summed E-state index contributed by atoms with van der Waals surface area (Å²) in [5.74, 6) is -2.70. The number of aromatic hydroxyl groups is 1. The predicted octanol–water partition coefficient (Wildman–Crippen LogP) is 3.02. The van der Waals surface area contributed by atoms with E-state index in [9.17, 15) is 19.8 Å². The van der Waals surface area contributed by atoms with E-state index in [4.69, 9.17) is 10.2 Å². The molecule has 0 bridgehead atoms. The zero-order valence-electron chi connectivity index (χ0n) is 13.6. The zero-order chi connectivity index (χ0) is 18.9. The molecule has 0 aromatic heterocycles. The number of hydrogen-bond donors (Lipinski definition) is 4. The molecule has 0 aliphatic heterocycles. The van der Waals surface area contributed by atoms with Gasteiger partial charge in [-0.3, -0.25) is 0 Å². The molecule has 26 heavy (non-hydrogen) atoms. The molecule has 2 aromatic rings. The maximum atomic E-state index is 11.3. The zero-order valence-corrected chi connectivity index (χ0v) is 13.6. The van der Waals surface area contributed by atoms with Crippen LogP contribution in [0.5, 0.6) is 5.75 Å². The third-order valence-electron chi connectivity index (χ3n) is 4.41. The number of allylic oxidation sites excluding steroid dienone is 2. The lowest BCUT2D eigenvalue weighted by atomic mass is 9.77. The fourth-order valence-electron chi connectivity index (χ4n) is 3.03. The summed E-state index contributed by atoms with van der Waals surface area (Å²) in [6.07, 6.45) is 5.48. The summed E-state index contributed by atoms with van der Waals surface area (Å²) in [7, 11) is 0. The van der Waals surface area contributed by atoms with E-state index in [0.717, 1.165) is 0 Å². The fraction of sp³-hybridized carbons (Fsp3) is 0.100. The van der Waals surface area contributed by atoms with Gasteiger partial charge in [-0.25, -0.2) is 9.59 Å². The molecule has 132 valence electrons. The fourth-order valence-corrected chi connectivity index (χ4v) is 3.03.